The van der Waals surface area contributed by atoms with Crippen LogP contribution in [0.1, 0.15) is 35.2 Å². The number of nitrogens with zero attached hydrogens (tertiary/aromatic N) is 2. The Morgan fingerprint density at radius 3 is 2.50 bits per heavy atom. The van der Waals surface area contributed by atoms with E-state index in [1.807, 2.05) is 24.3 Å². The summed E-state index contributed by atoms with van der Waals surface area (Å²) in [5, 5.41) is 14.1. The third kappa shape index (κ3) is 4.79. The molecule has 148 valence electrons. The highest BCUT2D eigenvalue weighted by atomic mass is 16.6. The number of ether oxygens (including phenoxy) is 1. The summed E-state index contributed by atoms with van der Waals surface area (Å²) in [6.07, 6.45) is 3.97. The van der Waals surface area contributed by atoms with Crippen molar-refractivity contribution >= 4 is 17.3 Å². The molecule has 0 unspecified atom stereocenters. The number of nitro benzene ring substituents is 1. The van der Waals surface area contributed by atoms with E-state index in [-0.39, 0.29) is 11.6 Å². The van der Waals surface area contributed by atoms with Gasteiger partial charge in [-0.3, -0.25) is 14.9 Å². The topological polar surface area (TPSA) is 84.7 Å². The molecular formula is C21H25N3O4. The summed E-state index contributed by atoms with van der Waals surface area (Å²) >= 11 is 0. The number of non-ortho nitro benzene ring substituents is 1. The Morgan fingerprint density at radius 1 is 1.14 bits per heavy atom. The molecule has 1 aliphatic rings. The molecular weight excluding hydrogens is 358 g/mol. The van der Waals surface area contributed by atoms with Crippen molar-refractivity contribution in [2.75, 3.05) is 31.6 Å². The quantitative estimate of drug-likeness (QED) is 0.584. The van der Waals surface area contributed by atoms with E-state index in [2.05, 4.69) is 10.2 Å². The number of carbonyl (C=O) groups is 1. The Morgan fingerprint density at radius 2 is 1.86 bits per heavy atom. The third-order valence-electron chi connectivity index (χ3n) is 4.99. The average Bonchev–Trinajstić information content (AvgIpc) is 2.74. The number of amides is 1. The van der Waals surface area contributed by atoms with Gasteiger partial charge < -0.3 is 15.0 Å². The van der Waals surface area contributed by atoms with Gasteiger partial charge in [0.15, 0.2) is 0 Å². The molecule has 0 aromatic heterocycles. The molecule has 1 fully saturated rings. The lowest BCUT2D eigenvalue weighted by molar-refractivity contribution is -0.384. The molecule has 2 aromatic carbocycles. The monoisotopic (exact) mass is 383 g/mol. The normalized spacial score (nSPS) is 13.8. The first kappa shape index (κ1) is 19.7. The van der Waals surface area contributed by atoms with E-state index in [0.29, 0.717) is 18.5 Å². The molecule has 1 aliphatic heterocycles. The first-order valence-electron chi connectivity index (χ1n) is 9.53. The molecule has 3 rings (SSSR count). The number of piperidine rings is 1. The molecule has 0 bridgehead atoms. The van der Waals surface area contributed by atoms with Gasteiger partial charge in [-0.15, -0.1) is 0 Å². The van der Waals surface area contributed by atoms with Gasteiger partial charge in [0, 0.05) is 31.8 Å². The molecule has 2 aromatic rings. The SMILES string of the molecule is COc1ccc(CCNC(=O)c2cc([N+](=O)[O-])ccc2N2CCCCC2)cc1. The number of rotatable bonds is 7. The molecule has 28 heavy (non-hydrogen) atoms. The minimum atomic E-state index is -0.464. The van der Waals surface area contributed by atoms with Crippen LogP contribution in [0.15, 0.2) is 42.5 Å². The lowest BCUT2D eigenvalue weighted by Crippen LogP contribution is -2.33. The first-order chi connectivity index (χ1) is 13.6. The van der Waals surface area contributed by atoms with E-state index >= 15 is 0 Å². The zero-order valence-corrected chi connectivity index (χ0v) is 16.0. The van der Waals surface area contributed by atoms with Crippen LogP contribution in [0.2, 0.25) is 0 Å². The summed E-state index contributed by atoms with van der Waals surface area (Å²) < 4.78 is 5.14. The van der Waals surface area contributed by atoms with E-state index in [1.165, 1.54) is 18.6 Å². The Kier molecular flexibility index (Phi) is 6.47. The zero-order chi connectivity index (χ0) is 19.9. The van der Waals surface area contributed by atoms with E-state index in [4.69, 9.17) is 4.74 Å². The van der Waals surface area contributed by atoms with E-state index < -0.39 is 4.92 Å². The highest BCUT2D eigenvalue weighted by Gasteiger charge is 2.21. The van der Waals surface area contributed by atoms with Crippen LogP contribution in [-0.4, -0.2) is 37.6 Å². The van der Waals surface area contributed by atoms with Gasteiger partial charge in [0.05, 0.1) is 23.3 Å². The molecule has 7 heteroatoms. The third-order valence-corrected chi connectivity index (χ3v) is 4.99. The van der Waals surface area contributed by atoms with Gasteiger partial charge in [0.1, 0.15) is 5.75 Å². The number of carbonyl (C=O) groups excluding carboxylic acids is 1. The number of nitro groups is 1. The predicted molar refractivity (Wildman–Crippen MR) is 108 cm³/mol. The van der Waals surface area contributed by atoms with Crippen molar-refractivity contribution in [1.82, 2.24) is 5.32 Å². The number of benzene rings is 2. The van der Waals surface area contributed by atoms with Gasteiger partial charge >= 0.3 is 0 Å². The Labute approximate surface area is 164 Å². The fourth-order valence-corrected chi connectivity index (χ4v) is 3.44. The lowest BCUT2D eigenvalue weighted by atomic mass is 10.1. The van der Waals surface area contributed by atoms with Crippen LogP contribution in [-0.2, 0) is 6.42 Å². The molecule has 1 N–H and O–H groups in total. The standard InChI is InChI=1S/C21H25N3O4/c1-28-18-8-5-16(6-9-18)11-12-22-21(25)19-15-17(24(26)27)7-10-20(19)23-13-3-2-4-14-23/h5-10,15H,2-4,11-14H2,1H3,(H,22,25). The van der Waals surface area contributed by atoms with Crippen LogP contribution in [0.5, 0.6) is 5.75 Å². The maximum Gasteiger partial charge on any atom is 0.270 e. The van der Waals surface area contributed by atoms with Gasteiger partial charge in [0.25, 0.3) is 11.6 Å². The van der Waals surface area contributed by atoms with Gasteiger partial charge in [-0.1, -0.05) is 12.1 Å². The highest BCUT2D eigenvalue weighted by Crippen LogP contribution is 2.28. The van der Waals surface area contributed by atoms with Crippen LogP contribution in [0.3, 0.4) is 0 Å². The molecule has 7 nitrogen and oxygen atoms in total. The van der Waals surface area contributed by atoms with Crippen LogP contribution >= 0.6 is 0 Å². The summed E-state index contributed by atoms with van der Waals surface area (Å²) in [5.74, 6) is 0.508. The van der Waals surface area contributed by atoms with Crippen LogP contribution < -0.4 is 15.0 Å². The highest BCUT2D eigenvalue weighted by molar-refractivity contribution is 6.00. The summed E-state index contributed by atoms with van der Waals surface area (Å²) in [5.41, 5.74) is 2.15. The van der Waals surface area contributed by atoms with Crippen molar-refractivity contribution < 1.29 is 14.5 Å². The Bertz CT molecular complexity index is 830. The van der Waals surface area contributed by atoms with Gasteiger partial charge in [-0.2, -0.15) is 0 Å². The lowest BCUT2D eigenvalue weighted by Gasteiger charge is -2.30. The van der Waals surface area contributed by atoms with Crippen molar-refractivity contribution in [3.8, 4) is 5.75 Å². The number of anilines is 1. The number of nitrogens with one attached hydrogen (secondary N) is 1. The van der Waals surface area contributed by atoms with Crippen molar-refractivity contribution in [3.05, 3.63) is 63.7 Å². The molecule has 0 aliphatic carbocycles. The number of hydrogen-bond donors (Lipinski definition) is 1. The van der Waals surface area contributed by atoms with Crippen LogP contribution in [0.4, 0.5) is 11.4 Å². The van der Waals surface area contributed by atoms with E-state index in [0.717, 1.165) is 42.9 Å². The molecule has 1 amide bonds. The van der Waals surface area contributed by atoms with Crippen LogP contribution in [0, 0.1) is 10.1 Å². The molecule has 0 radical (unpaired) electrons. The van der Waals surface area contributed by atoms with Crippen LogP contribution in [0.25, 0.3) is 0 Å². The maximum absolute atomic E-state index is 12.8. The van der Waals surface area contributed by atoms with Crippen molar-refractivity contribution in [2.45, 2.75) is 25.7 Å². The zero-order valence-electron chi connectivity index (χ0n) is 16.0. The average molecular weight is 383 g/mol. The molecule has 0 saturated carbocycles. The number of hydrogen-bond acceptors (Lipinski definition) is 5. The molecule has 1 heterocycles. The second-order valence-electron chi connectivity index (χ2n) is 6.86. The van der Waals surface area contributed by atoms with Gasteiger partial charge in [-0.25, -0.2) is 0 Å². The second-order valence-corrected chi connectivity index (χ2v) is 6.86. The minimum Gasteiger partial charge on any atom is -0.497 e. The van der Waals surface area contributed by atoms with E-state index in [1.54, 1.807) is 13.2 Å². The van der Waals surface area contributed by atoms with Gasteiger partial charge in [-0.05, 0) is 49.4 Å². The van der Waals surface area contributed by atoms with Gasteiger partial charge in [0.2, 0.25) is 0 Å². The fourth-order valence-electron chi connectivity index (χ4n) is 3.44. The summed E-state index contributed by atoms with van der Waals surface area (Å²) in [4.78, 5) is 25.6. The Balaban J connectivity index is 1.70. The largest absolute Gasteiger partial charge is 0.497 e. The summed E-state index contributed by atoms with van der Waals surface area (Å²) in [6, 6.07) is 12.2. The van der Waals surface area contributed by atoms with Crippen molar-refractivity contribution in [1.29, 1.82) is 0 Å². The second kappa shape index (κ2) is 9.21. The van der Waals surface area contributed by atoms with Crippen molar-refractivity contribution in [3.63, 3.8) is 0 Å². The first-order valence-corrected chi connectivity index (χ1v) is 9.53. The molecule has 1 saturated heterocycles. The Hall–Kier alpha value is -3.09. The number of methoxy groups -OCH3 is 1. The summed E-state index contributed by atoms with van der Waals surface area (Å²) in [7, 11) is 1.62. The van der Waals surface area contributed by atoms with Crippen molar-refractivity contribution in [2.24, 2.45) is 0 Å². The molecule has 0 atom stereocenters. The minimum absolute atomic E-state index is 0.0685. The maximum atomic E-state index is 12.8. The molecule has 0 spiro atoms. The smallest absolute Gasteiger partial charge is 0.270 e. The summed E-state index contributed by atoms with van der Waals surface area (Å²) in [6.45, 7) is 2.18. The van der Waals surface area contributed by atoms with E-state index in [9.17, 15) is 14.9 Å². The predicted octanol–water partition coefficient (Wildman–Crippen LogP) is 3.57. The fraction of sp³-hybridized carbons (Fsp3) is 0.381.